The van der Waals surface area contributed by atoms with E-state index in [-0.39, 0.29) is 10.8 Å². The zero-order valence-corrected chi connectivity index (χ0v) is 18.6. The summed E-state index contributed by atoms with van der Waals surface area (Å²) in [6.45, 7) is 6.14. The lowest BCUT2D eigenvalue weighted by Gasteiger charge is -2.28. The molecule has 0 spiro atoms. The van der Waals surface area contributed by atoms with Crippen molar-refractivity contribution in [3.05, 3.63) is 46.2 Å². The first-order valence-corrected chi connectivity index (χ1v) is 12.4. The summed E-state index contributed by atoms with van der Waals surface area (Å²) in [6.07, 6.45) is 2.89. The number of amides is 1. The van der Waals surface area contributed by atoms with E-state index in [1.54, 1.807) is 29.5 Å². The van der Waals surface area contributed by atoms with Gasteiger partial charge in [-0.2, -0.15) is 0 Å². The Kier molecular flexibility index (Phi) is 7.45. The molecule has 0 unspecified atom stereocenters. The van der Waals surface area contributed by atoms with Crippen molar-refractivity contribution < 1.29 is 13.2 Å². The Morgan fingerprint density at radius 3 is 2.83 bits per heavy atom. The maximum absolute atomic E-state index is 12.8. The quantitative estimate of drug-likeness (QED) is 0.631. The van der Waals surface area contributed by atoms with Crippen LogP contribution >= 0.6 is 11.3 Å². The van der Waals surface area contributed by atoms with E-state index in [2.05, 4.69) is 40.2 Å². The number of rotatable bonds is 9. The summed E-state index contributed by atoms with van der Waals surface area (Å²) in [5, 5.41) is 4.90. The first-order chi connectivity index (χ1) is 13.9. The van der Waals surface area contributed by atoms with Gasteiger partial charge in [0.15, 0.2) is 0 Å². The minimum atomic E-state index is -3.60. The Morgan fingerprint density at radius 1 is 1.28 bits per heavy atom. The highest BCUT2D eigenvalue weighted by atomic mass is 32.2. The molecule has 1 aliphatic heterocycles. The number of sulfonamides is 1. The first kappa shape index (κ1) is 22.0. The van der Waals surface area contributed by atoms with E-state index in [1.165, 1.54) is 4.88 Å². The van der Waals surface area contributed by atoms with Crippen LogP contribution in [0.15, 0.2) is 40.6 Å². The number of nitrogens with zero attached hydrogens (tertiary/aromatic N) is 1. The second kappa shape index (κ2) is 9.84. The van der Waals surface area contributed by atoms with Crippen LogP contribution in [-0.2, 0) is 27.8 Å². The number of aryl methyl sites for hydroxylation is 1. The molecule has 1 atom stereocenters. The number of hydrogen-bond donors (Lipinski definition) is 2. The minimum absolute atomic E-state index is 0.0200. The summed E-state index contributed by atoms with van der Waals surface area (Å²) in [5.41, 5.74) is 1.59. The van der Waals surface area contributed by atoms with Crippen LogP contribution in [0.25, 0.3) is 0 Å². The number of benzene rings is 1. The molecule has 2 heterocycles. The van der Waals surface area contributed by atoms with Gasteiger partial charge in [0.2, 0.25) is 15.9 Å². The predicted molar refractivity (Wildman–Crippen MR) is 118 cm³/mol. The molecule has 2 aromatic rings. The summed E-state index contributed by atoms with van der Waals surface area (Å²) < 4.78 is 28.3. The molecular formula is C21H29N3O3S2. The van der Waals surface area contributed by atoms with E-state index >= 15 is 0 Å². The zero-order chi connectivity index (χ0) is 20.9. The lowest BCUT2D eigenvalue weighted by atomic mass is 10.1. The second-order valence-corrected chi connectivity index (χ2v) is 10.2. The van der Waals surface area contributed by atoms with Gasteiger partial charge in [-0.05, 0) is 61.4 Å². The van der Waals surface area contributed by atoms with Crippen molar-refractivity contribution >= 4 is 33.0 Å². The zero-order valence-electron chi connectivity index (χ0n) is 17.0. The van der Waals surface area contributed by atoms with E-state index in [0.717, 1.165) is 24.9 Å². The van der Waals surface area contributed by atoms with Crippen molar-refractivity contribution in [1.82, 2.24) is 9.62 Å². The number of hydrogen-bond acceptors (Lipinski definition) is 5. The Morgan fingerprint density at radius 2 is 2.10 bits per heavy atom. The molecule has 0 bridgehead atoms. The number of anilines is 1. The number of nitrogens with one attached hydrogen (secondary N) is 2. The van der Waals surface area contributed by atoms with Crippen LogP contribution in [0.3, 0.4) is 0 Å². The Bertz CT molecular complexity index is 927. The van der Waals surface area contributed by atoms with Crippen molar-refractivity contribution in [3.63, 3.8) is 0 Å². The molecule has 3 rings (SSSR count). The molecule has 158 valence electrons. The van der Waals surface area contributed by atoms with Gasteiger partial charge in [-0.15, -0.1) is 11.3 Å². The Hall–Kier alpha value is -1.74. The molecule has 1 aliphatic rings. The van der Waals surface area contributed by atoms with Crippen LogP contribution in [0.2, 0.25) is 0 Å². The van der Waals surface area contributed by atoms with Crippen molar-refractivity contribution in [3.8, 4) is 0 Å². The normalized spacial score (nSPS) is 15.6. The molecule has 8 heteroatoms. The van der Waals surface area contributed by atoms with Gasteiger partial charge in [-0.3, -0.25) is 9.69 Å². The molecule has 1 aromatic heterocycles. The van der Waals surface area contributed by atoms with Gasteiger partial charge in [0.1, 0.15) is 0 Å². The van der Waals surface area contributed by atoms with Gasteiger partial charge in [-0.1, -0.05) is 13.0 Å². The predicted octanol–water partition coefficient (Wildman–Crippen LogP) is 3.60. The molecule has 0 aliphatic carbocycles. The van der Waals surface area contributed by atoms with Crippen LogP contribution in [0.5, 0.6) is 0 Å². The maximum Gasteiger partial charge on any atom is 0.240 e. The van der Waals surface area contributed by atoms with Crippen LogP contribution in [0.1, 0.15) is 43.6 Å². The fourth-order valence-electron chi connectivity index (χ4n) is 3.44. The van der Waals surface area contributed by atoms with Gasteiger partial charge in [0.05, 0.1) is 4.90 Å². The molecule has 2 N–H and O–H groups in total. The van der Waals surface area contributed by atoms with Crippen molar-refractivity contribution in [2.75, 3.05) is 18.4 Å². The molecule has 1 aromatic carbocycles. The Balaban J connectivity index is 1.64. The van der Waals surface area contributed by atoms with Crippen molar-refractivity contribution in [2.24, 2.45) is 0 Å². The van der Waals surface area contributed by atoms with Gasteiger partial charge >= 0.3 is 0 Å². The molecular weight excluding hydrogens is 406 g/mol. The van der Waals surface area contributed by atoms with Crippen LogP contribution in [-0.4, -0.2) is 38.4 Å². The molecule has 0 radical (unpaired) electrons. The molecule has 0 fully saturated rings. The van der Waals surface area contributed by atoms with Gasteiger partial charge in [0.25, 0.3) is 0 Å². The first-order valence-electron chi connectivity index (χ1n) is 10.1. The highest BCUT2D eigenvalue weighted by molar-refractivity contribution is 7.89. The molecule has 29 heavy (non-hydrogen) atoms. The highest BCUT2D eigenvalue weighted by Crippen LogP contribution is 2.25. The summed E-state index contributed by atoms with van der Waals surface area (Å²) in [6, 6.07) is 9.45. The highest BCUT2D eigenvalue weighted by Gasteiger charge is 2.20. The fraction of sp³-hybridized carbons (Fsp3) is 0.476. The monoisotopic (exact) mass is 435 g/mol. The van der Waals surface area contributed by atoms with E-state index < -0.39 is 10.0 Å². The SMILES string of the molecule is CC[C@@H](C)N(CCNS(=O)(=O)c1ccc2c(c1)CCCC(=O)N2)Cc1cccs1. The third-order valence-electron chi connectivity index (χ3n) is 5.36. The number of thiophene rings is 1. The number of carbonyl (C=O) groups is 1. The standard InChI is InChI=1S/C21H29N3O3S2/c1-3-16(2)24(15-18-7-5-13-28-18)12-11-22-29(26,27)19-9-10-20-17(14-19)6-4-8-21(25)23-20/h5,7,9-10,13-14,16,22H,3-4,6,8,11-12,15H2,1-2H3,(H,23,25)/t16-/m1/s1. The number of fused-ring (bicyclic) bond motifs is 1. The average molecular weight is 436 g/mol. The summed E-state index contributed by atoms with van der Waals surface area (Å²) in [4.78, 5) is 15.5. The number of carbonyl (C=O) groups excluding carboxylic acids is 1. The molecule has 0 saturated heterocycles. The molecule has 1 amide bonds. The van der Waals surface area contributed by atoms with E-state index in [1.807, 2.05) is 6.07 Å². The van der Waals surface area contributed by atoms with E-state index in [9.17, 15) is 13.2 Å². The van der Waals surface area contributed by atoms with E-state index in [4.69, 9.17) is 0 Å². The van der Waals surface area contributed by atoms with Gasteiger partial charge in [0, 0.05) is 42.7 Å². The lowest BCUT2D eigenvalue weighted by molar-refractivity contribution is -0.116. The molecule has 0 saturated carbocycles. The second-order valence-electron chi connectivity index (χ2n) is 7.43. The maximum atomic E-state index is 12.8. The van der Waals surface area contributed by atoms with E-state index in [0.29, 0.717) is 37.7 Å². The Labute approximate surface area is 177 Å². The van der Waals surface area contributed by atoms with Crippen molar-refractivity contribution in [1.29, 1.82) is 0 Å². The lowest BCUT2D eigenvalue weighted by Crippen LogP contribution is -2.39. The smallest absolute Gasteiger partial charge is 0.240 e. The van der Waals surface area contributed by atoms with Crippen LogP contribution in [0, 0.1) is 0 Å². The minimum Gasteiger partial charge on any atom is -0.326 e. The fourth-order valence-corrected chi connectivity index (χ4v) is 5.24. The topological polar surface area (TPSA) is 78.5 Å². The summed E-state index contributed by atoms with van der Waals surface area (Å²) >= 11 is 1.72. The van der Waals surface area contributed by atoms with Gasteiger partial charge < -0.3 is 5.32 Å². The third kappa shape index (κ3) is 5.88. The van der Waals surface area contributed by atoms with Crippen LogP contribution < -0.4 is 10.0 Å². The summed E-state index contributed by atoms with van der Waals surface area (Å²) in [7, 11) is -3.60. The third-order valence-corrected chi connectivity index (χ3v) is 7.68. The summed E-state index contributed by atoms with van der Waals surface area (Å²) in [5.74, 6) is -0.0200. The van der Waals surface area contributed by atoms with Crippen molar-refractivity contribution in [2.45, 2.75) is 57.0 Å². The molecule has 6 nitrogen and oxygen atoms in total. The van der Waals surface area contributed by atoms with Gasteiger partial charge in [-0.25, -0.2) is 13.1 Å². The van der Waals surface area contributed by atoms with Crippen LogP contribution in [0.4, 0.5) is 5.69 Å². The largest absolute Gasteiger partial charge is 0.326 e. The average Bonchev–Trinajstić information content (AvgIpc) is 3.13.